The molecular formula is C15H17N3O4S2. The Bertz CT molecular complexity index is 664. The van der Waals surface area contributed by atoms with E-state index >= 15 is 0 Å². The maximum Gasteiger partial charge on any atom is 0.338 e. The van der Waals surface area contributed by atoms with Gasteiger partial charge in [0, 0.05) is 18.6 Å². The third-order valence-corrected chi connectivity index (χ3v) is 5.26. The number of benzene rings is 1. The van der Waals surface area contributed by atoms with Crippen LogP contribution < -0.4 is 10.6 Å². The first-order valence-corrected chi connectivity index (χ1v) is 9.14. The second-order valence-electron chi connectivity index (χ2n) is 4.65. The number of carbonyl (C=O) groups excluding carboxylic acids is 3. The summed E-state index contributed by atoms with van der Waals surface area (Å²) in [5.74, 6) is 0.305. The van der Waals surface area contributed by atoms with Crippen LogP contribution in [0.25, 0.3) is 0 Å². The minimum atomic E-state index is -0.689. The third kappa shape index (κ3) is 5.57. The molecule has 7 nitrogen and oxygen atoms in total. The number of nitrogens with one attached hydrogen (secondary N) is 2. The van der Waals surface area contributed by atoms with Gasteiger partial charge in [-0.05, 0) is 11.6 Å². The number of esters is 1. The van der Waals surface area contributed by atoms with E-state index in [1.165, 1.54) is 7.05 Å². The van der Waals surface area contributed by atoms with Crippen LogP contribution in [0.5, 0.6) is 0 Å². The molecule has 0 radical (unpaired) electrons. The Labute approximate surface area is 148 Å². The fourth-order valence-electron chi connectivity index (χ4n) is 1.82. The van der Waals surface area contributed by atoms with E-state index in [0.717, 1.165) is 22.2 Å². The van der Waals surface area contributed by atoms with Gasteiger partial charge < -0.3 is 10.1 Å². The van der Waals surface area contributed by atoms with Crippen molar-refractivity contribution in [1.82, 2.24) is 10.6 Å². The van der Waals surface area contributed by atoms with Crippen molar-refractivity contribution < 1.29 is 19.1 Å². The highest BCUT2D eigenvalue weighted by Gasteiger charge is 2.16. The highest BCUT2D eigenvalue weighted by atomic mass is 32.2. The molecule has 0 aromatic heterocycles. The van der Waals surface area contributed by atoms with Gasteiger partial charge in [-0.3, -0.25) is 15.1 Å². The molecule has 1 aromatic rings. The summed E-state index contributed by atoms with van der Waals surface area (Å²) in [6.07, 6.45) is 0. The number of urea groups is 1. The first-order chi connectivity index (χ1) is 11.6. The van der Waals surface area contributed by atoms with E-state index < -0.39 is 24.5 Å². The number of thioether (sulfide) groups is 2. The topological polar surface area (TPSA) is 96.9 Å². The first-order valence-electron chi connectivity index (χ1n) is 7.17. The molecular weight excluding hydrogens is 350 g/mol. The fourth-order valence-corrected chi connectivity index (χ4v) is 3.83. The molecule has 1 aromatic carbocycles. The maximum absolute atomic E-state index is 12.2. The summed E-state index contributed by atoms with van der Waals surface area (Å²) in [6.45, 7) is 0.313. The number of imide groups is 1. The molecule has 1 aliphatic rings. The van der Waals surface area contributed by atoms with E-state index in [9.17, 15) is 14.4 Å². The third-order valence-electron chi connectivity index (χ3n) is 2.96. The highest BCUT2D eigenvalue weighted by Crippen LogP contribution is 2.26. The minimum Gasteiger partial charge on any atom is -0.452 e. The summed E-state index contributed by atoms with van der Waals surface area (Å²) in [7, 11) is 1.38. The van der Waals surface area contributed by atoms with E-state index in [1.807, 2.05) is 17.4 Å². The molecule has 2 N–H and O–H groups in total. The molecule has 0 fully saturated rings. The van der Waals surface area contributed by atoms with E-state index in [2.05, 4.69) is 10.3 Å². The van der Waals surface area contributed by atoms with Gasteiger partial charge in [0.1, 0.15) is 4.38 Å². The Balaban J connectivity index is 1.91. The van der Waals surface area contributed by atoms with E-state index in [4.69, 9.17) is 4.74 Å². The Morgan fingerprint density at radius 3 is 2.83 bits per heavy atom. The summed E-state index contributed by atoms with van der Waals surface area (Å²) >= 11 is 3.28. The van der Waals surface area contributed by atoms with Crippen molar-refractivity contribution in [3.8, 4) is 0 Å². The Morgan fingerprint density at radius 1 is 1.33 bits per heavy atom. The van der Waals surface area contributed by atoms with Crippen LogP contribution in [-0.2, 0) is 15.3 Å². The van der Waals surface area contributed by atoms with E-state index in [1.54, 1.807) is 35.7 Å². The molecule has 0 bridgehead atoms. The summed E-state index contributed by atoms with van der Waals surface area (Å²) in [4.78, 5) is 39.0. The van der Waals surface area contributed by atoms with Crippen molar-refractivity contribution in [2.45, 2.75) is 5.75 Å². The van der Waals surface area contributed by atoms with Crippen LogP contribution in [0.15, 0.2) is 29.3 Å². The van der Waals surface area contributed by atoms with Gasteiger partial charge in [0.2, 0.25) is 0 Å². The van der Waals surface area contributed by atoms with Crippen molar-refractivity contribution >= 4 is 45.8 Å². The predicted octanol–water partition coefficient (Wildman–Crippen LogP) is 1.63. The first kappa shape index (κ1) is 18.3. The van der Waals surface area contributed by atoms with Gasteiger partial charge in [-0.2, -0.15) is 0 Å². The summed E-state index contributed by atoms with van der Waals surface area (Å²) in [6, 6.07) is 6.42. The van der Waals surface area contributed by atoms with Crippen molar-refractivity contribution in [2.24, 2.45) is 4.99 Å². The number of ether oxygens (including phenoxy) is 1. The van der Waals surface area contributed by atoms with E-state index in [-0.39, 0.29) is 0 Å². The summed E-state index contributed by atoms with van der Waals surface area (Å²) in [5, 5.41) is 4.26. The zero-order valence-electron chi connectivity index (χ0n) is 13.0. The number of aliphatic imine (C=N–C) groups is 1. The standard InChI is InChI=1S/C15H17N3O4S2/c1-16-14(21)18-12(19)8-22-13(20)11-5-3-2-4-10(11)9-24-15-17-6-7-23-15/h2-5H,6-9H2,1H3,(H2,16,18,19,21). The Kier molecular flexibility index (Phi) is 7.13. The van der Waals surface area contributed by atoms with Gasteiger partial charge in [-0.1, -0.05) is 41.7 Å². The fraction of sp³-hybridized carbons (Fsp3) is 0.333. The van der Waals surface area contributed by atoms with Crippen LogP contribution in [0.4, 0.5) is 4.79 Å². The van der Waals surface area contributed by atoms with Crippen LogP contribution >= 0.6 is 23.5 Å². The second kappa shape index (κ2) is 9.33. The molecule has 1 aliphatic heterocycles. The second-order valence-corrected chi connectivity index (χ2v) is 6.95. The van der Waals surface area contributed by atoms with Gasteiger partial charge in [-0.15, -0.1) is 0 Å². The van der Waals surface area contributed by atoms with Gasteiger partial charge in [0.25, 0.3) is 5.91 Å². The molecule has 0 aliphatic carbocycles. The van der Waals surface area contributed by atoms with E-state index in [0.29, 0.717) is 11.3 Å². The Morgan fingerprint density at radius 2 is 2.12 bits per heavy atom. The minimum absolute atomic E-state index is 0.404. The lowest BCUT2D eigenvalue weighted by molar-refractivity contribution is -0.123. The van der Waals surface area contributed by atoms with Gasteiger partial charge in [0.05, 0.1) is 12.1 Å². The van der Waals surface area contributed by atoms with Crippen molar-refractivity contribution in [3.05, 3.63) is 35.4 Å². The summed E-state index contributed by atoms with van der Waals surface area (Å²) < 4.78 is 5.99. The van der Waals surface area contributed by atoms with Gasteiger partial charge in [0.15, 0.2) is 6.61 Å². The highest BCUT2D eigenvalue weighted by molar-refractivity contribution is 8.38. The number of carbonyl (C=O) groups is 3. The molecule has 0 saturated heterocycles. The molecule has 1 heterocycles. The summed E-state index contributed by atoms with van der Waals surface area (Å²) in [5.41, 5.74) is 1.22. The van der Waals surface area contributed by atoms with Gasteiger partial charge >= 0.3 is 12.0 Å². The van der Waals surface area contributed by atoms with Gasteiger partial charge in [-0.25, -0.2) is 9.59 Å². The normalized spacial score (nSPS) is 13.1. The van der Waals surface area contributed by atoms with Crippen LogP contribution in [0.2, 0.25) is 0 Å². The molecule has 24 heavy (non-hydrogen) atoms. The number of hydrogen-bond donors (Lipinski definition) is 2. The lowest BCUT2D eigenvalue weighted by Crippen LogP contribution is -2.39. The monoisotopic (exact) mass is 367 g/mol. The smallest absolute Gasteiger partial charge is 0.338 e. The average molecular weight is 367 g/mol. The van der Waals surface area contributed by atoms with Crippen LogP contribution in [0, 0.1) is 0 Å². The molecule has 9 heteroatoms. The number of nitrogens with zero attached hydrogens (tertiary/aromatic N) is 1. The Hall–Kier alpha value is -2.00. The molecule has 128 valence electrons. The molecule has 0 saturated carbocycles. The number of rotatable bonds is 5. The van der Waals surface area contributed by atoms with Crippen LogP contribution in [0.1, 0.15) is 15.9 Å². The molecule has 0 atom stereocenters. The van der Waals surface area contributed by atoms with Crippen molar-refractivity contribution in [3.63, 3.8) is 0 Å². The quantitative estimate of drug-likeness (QED) is 0.768. The number of amides is 3. The molecule has 0 unspecified atom stereocenters. The van der Waals surface area contributed by atoms with Crippen LogP contribution in [0.3, 0.4) is 0 Å². The lowest BCUT2D eigenvalue weighted by atomic mass is 10.1. The lowest BCUT2D eigenvalue weighted by Gasteiger charge is -2.09. The number of hydrogen-bond acceptors (Lipinski definition) is 7. The molecule has 0 spiro atoms. The predicted molar refractivity (Wildman–Crippen MR) is 95.4 cm³/mol. The van der Waals surface area contributed by atoms with Crippen LogP contribution in [-0.4, -0.2) is 48.2 Å². The molecule has 3 amide bonds. The zero-order chi connectivity index (χ0) is 17.4. The maximum atomic E-state index is 12.2. The van der Waals surface area contributed by atoms with Crippen molar-refractivity contribution in [1.29, 1.82) is 0 Å². The molecule has 2 rings (SSSR count). The van der Waals surface area contributed by atoms with Crippen molar-refractivity contribution in [2.75, 3.05) is 26.0 Å². The largest absolute Gasteiger partial charge is 0.452 e. The average Bonchev–Trinajstić information content (AvgIpc) is 3.11. The SMILES string of the molecule is CNC(=O)NC(=O)COC(=O)c1ccccc1CSC1=NCCS1. The zero-order valence-corrected chi connectivity index (χ0v) is 14.7.